The van der Waals surface area contributed by atoms with Crippen molar-refractivity contribution in [1.82, 2.24) is 10.3 Å². The lowest BCUT2D eigenvalue weighted by atomic mass is 10.2. The maximum atomic E-state index is 4.49. The van der Waals surface area contributed by atoms with Crippen molar-refractivity contribution >= 4 is 40.8 Å². The number of piperazine rings is 1. The molecular weight excluding hydrogens is 336 g/mol. The van der Waals surface area contributed by atoms with Gasteiger partial charge in [-0.1, -0.05) is 0 Å². The second kappa shape index (κ2) is 5.06. The molecule has 1 N–H and O–H groups in total. The number of rotatable bonds is 1. The summed E-state index contributed by atoms with van der Waals surface area (Å²) in [6.07, 6.45) is 4.59. The van der Waals surface area contributed by atoms with Crippen molar-refractivity contribution in [2.24, 2.45) is 0 Å². The van der Waals surface area contributed by atoms with E-state index in [1.54, 1.807) is 0 Å². The number of aromatic nitrogens is 1. The Morgan fingerprint density at radius 1 is 1.25 bits per heavy atom. The number of anilines is 1. The molecule has 2 bridgehead atoms. The van der Waals surface area contributed by atoms with Crippen LogP contribution in [0, 0.1) is 3.57 Å². The Kier molecular flexibility index (Phi) is 3.92. The predicted molar refractivity (Wildman–Crippen MR) is 76.4 cm³/mol. The molecule has 2 aliphatic heterocycles. The highest BCUT2D eigenvalue weighted by Gasteiger charge is 2.32. The summed E-state index contributed by atoms with van der Waals surface area (Å²) in [5, 5.41) is 3.63. The minimum Gasteiger partial charge on any atom is -0.353 e. The third-order valence-electron chi connectivity index (χ3n) is 3.25. The number of hydrogen-bond acceptors (Lipinski definition) is 3. The Balaban J connectivity index is 0.000000963. The van der Waals surface area contributed by atoms with Gasteiger partial charge in [-0.2, -0.15) is 0 Å². The van der Waals surface area contributed by atoms with Crippen molar-refractivity contribution in [3.8, 4) is 0 Å². The molecule has 1 aromatic rings. The summed E-state index contributed by atoms with van der Waals surface area (Å²) in [6.45, 7) is 2.23. The maximum absolute atomic E-state index is 4.49. The summed E-state index contributed by atoms with van der Waals surface area (Å²) < 4.78 is 1.20. The number of fused-ring (bicyclic) bond motifs is 2. The van der Waals surface area contributed by atoms with Gasteiger partial charge in [0, 0.05) is 34.9 Å². The average Bonchev–Trinajstić information content (AvgIpc) is 2.59. The summed E-state index contributed by atoms with van der Waals surface area (Å²) in [5.41, 5.74) is 0. The zero-order valence-electron chi connectivity index (χ0n) is 8.90. The molecule has 0 spiro atoms. The zero-order valence-corrected chi connectivity index (χ0v) is 11.9. The molecule has 0 aromatic carbocycles. The van der Waals surface area contributed by atoms with Crippen LogP contribution in [0.3, 0.4) is 0 Å². The van der Waals surface area contributed by atoms with Gasteiger partial charge in [-0.25, -0.2) is 4.98 Å². The van der Waals surface area contributed by atoms with Crippen LogP contribution in [0.15, 0.2) is 18.3 Å². The number of halogens is 2. The molecule has 2 saturated heterocycles. The van der Waals surface area contributed by atoms with E-state index in [4.69, 9.17) is 0 Å². The fourth-order valence-electron chi connectivity index (χ4n) is 2.54. The molecular formula is C11H15ClIN3. The largest absolute Gasteiger partial charge is 0.353 e. The van der Waals surface area contributed by atoms with Crippen LogP contribution in [0.2, 0.25) is 0 Å². The lowest BCUT2D eigenvalue weighted by Crippen LogP contribution is -2.51. The second-order valence-electron chi connectivity index (χ2n) is 4.38. The number of nitrogens with zero attached hydrogens (tertiary/aromatic N) is 2. The van der Waals surface area contributed by atoms with Crippen molar-refractivity contribution in [2.75, 3.05) is 18.0 Å². The van der Waals surface area contributed by atoms with E-state index in [9.17, 15) is 0 Å². The van der Waals surface area contributed by atoms with Gasteiger partial charge in [0.15, 0.2) is 0 Å². The van der Waals surface area contributed by atoms with E-state index in [2.05, 4.69) is 49.9 Å². The van der Waals surface area contributed by atoms with Crippen LogP contribution in [0.1, 0.15) is 12.8 Å². The molecule has 2 unspecified atom stereocenters. The van der Waals surface area contributed by atoms with E-state index >= 15 is 0 Å². The van der Waals surface area contributed by atoms with E-state index < -0.39 is 0 Å². The first kappa shape index (κ1) is 12.4. The van der Waals surface area contributed by atoms with E-state index in [-0.39, 0.29) is 12.4 Å². The molecule has 2 atom stereocenters. The van der Waals surface area contributed by atoms with Gasteiger partial charge in [-0.3, -0.25) is 0 Å². The predicted octanol–water partition coefficient (Wildman–Crippen LogP) is 2.05. The first-order valence-electron chi connectivity index (χ1n) is 5.44. The fraction of sp³-hybridized carbons (Fsp3) is 0.545. The molecule has 2 aliphatic rings. The van der Waals surface area contributed by atoms with Crippen LogP contribution in [-0.2, 0) is 0 Å². The standard InChI is InChI=1S/C11H14IN3.ClH/c12-8-1-4-11(13-5-8)15-6-9-2-3-10(7-15)14-9;/h1,4-5,9-10,14H,2-3,6-7H2;1H. The Hall–Kier alpha value is -0.0700. The Bertz CT molecular complexity index is 345. The third-order valence-corrected chi connectivity index (χ3v) is 3.89. The molecule has 0 radical (unpaired) electrons. The normalized spacial score (nSPS) is 27.7. The lowest BCUT2D eigenvalue weighted by molar-refractivity contribution is 0.463. The monoisotopic (exact) mass is 351 g/mol. The highest BCUT2D eigenvalue weighted by atomic mass is 127. The van der Waals surface area contributed by atoms with Gasteiger partial charge in [0.25, 0.3) is 0 Å². The van der Waals surface area contributed by atoms with Gasteiger partial charge >= 0.3 is 0 Å². The zero-order chi connectivity index (χ0) is 10.3. The van der Waals surface area contributed by atoms with Crippen molar-refractivity contribution in [3.63, 3.8) is 0 Å². The van der Waals surface area contributed by atoms with Crippen LogP contribution < -0.4 is 10.2 Å². The topological polar surface area (TPSA) is 28.2 Å². The smallest absolute Gasteiger partial charge is 0.128 e. The SMILES string of the molecule is Cl.Ic1ccc(N2CC3CCC(C2)N3)nc1. The third kappa shape index (κ3) is 2.43. The van der Waals surface area contributed by atoms with E-state index in [0.29, 0.717) is 12.1 Å². The molecule has 3 rings (SSSR count). The van der Waals surface area contributed by atoms with Crippen LogP contribution >= 0.6 is 35.0 Å². The van der Waals surface area contributed by atoms with E-state index in [0.717, 1.165) is 18.9 Å². The molecule has 0 aliphatic carbocycles. The highest BCUT2D eigenvalue weighted by molar-refractivity contribution is 14.1. The van der Waals surface area contributed by atoms with Gasteiger partial charge in [-0.05, 0) is 47.6 Å². The van der Waals surface area contributed by atoms with Crippen LogP contribution in [-0.4, -0.2) is 30.2 Å². The minimum absolute atomic E-state index is 0. The van der Waals surface area contributed by atoms with Crippen LogP contribution in [0.25, 0.3) is 0 Å². The van der Waals surface area contributed by atoms with Crippen molar-refractivity contribution < 1.29 is 0 Å². The quantitative estimate of drug-likeness (QED) is 0.785. The average molecular weight is 352 g/mol. The van der Waals surface area contributed by atoms with Crippen molar-refractivity contribution in [3.05, 3.63) is 21.9 Å². The van der Waals surface area contributed by atoms with Gasteiger partial charge < -0.3 is 10.2 Å². The number of pyridine rings is 1. The summed E-state index contributed by atoms with van der Waals surface area (Å²) in [7, 11) is 0. The Morgan fingerprint density at radius 3 is 2.50 bits per heavy atom. The molecule has 3 heterocycles. The van der Waals surface area contributed by atoms with Gasteiger partial charge in [0.2, 0.25) is 0 Å². The van der Waals surface area contributed by atoms with E-state index in [1.807, 2.05) is 6.20 Å². The van der Waals surface area contributed by atoms with Gasteiger partial charge in [0.1, 0.15) is 5.82 Å². The Labute approximate surface area is 116 Å². The highest BCUT2D eigenvalue weighted by Crippen LogP contribution is 2.23. The summed E-state index contributed by atoms with van der Waals surface area (Å²) >= 11 is 2.29. The summed E-state index contributed by atoms with van der Waals surface area (Å²) in [4.78, 5) is 6.90. The van der Waals surface area contributed by atoms with Gasteiger partial charge in [-0.15, -0.1) is 12.4 Å². The second-order valence-corrected chi connectivity index (χ2v) is 5.62. The minimum atomic E-state index is 0. The molecule has 1 aromatic heterocycles. The van der Waals surface area contributed by atoms with E-state index in [1.165, 1.54) is 16.4 Å². The molecule has 0 saturated carbocycles. The first-order valence-corrected chi connectivity index (χ1v) is 6.52. The molecule has 16 heavy (non-hydrogen) atoms. The molecule has 3 nitrogen and oxygen atoms in total. The molecule has 5 heteroatoms. The summed E-state index contributed by atoms with van der Waals surface area (Å²) in [6, 6.07) is 5.63. The van der Waals surface area contributed by atoms with Crippen LogP contribution in [0.5, 0.6) is 0 Å². The molecule has 2 fully saturated rings. The molecule has 88 valence electrons. The summed E-state index contributed by atoms with van der Waals surface area (Å²) in [5.74, 6) is 1.13. The number of hydrogen-bond donors (Lipinski definition) is 1. The van der Waals surface area contributed by atoms with Crippen molar-refractivity contribution in [1.29, 1.82) is 0 Å². The first-order chi connectivity index (χ1) is 7.31. The van der Waals surface area contributed by atoms with Gasteiger partial charge in [0.05, 0.1) is 0 Å². The lowest BCUT2D eigenvalue weighted by Gasteiger charge is -2.33. The Morgan fingerprint density at radius 2 is 1.94 bits per heavy atom. The van der Waals surface area contributed by atoms with Crippen LogP contribution in [0.4, 0.5) is 5.82 Å². The maximum Gasteiger partial charge on any atom is 0.128 e. The van der Waals surface area contributed by atoms with Crippen molar-refractivity contribution in [2.45, 2.75) is 24.9 Å². The molecule has 0 amide bonds. The number of nitrogens with one attached hydrogen (secondary N) is 1. The fourth-order valence-corrected chi connectivity index (χ4v) is 2.86.